The average molecular weight is 227 g/mol. The molecule has 0 radical (unpaired) electrons. The lowest BCUT2D eigenvalue weighted by molar-refractivity contribution is 0.193. The van der Waals surface area contributed by atoms with Crippen LogP contribution in [0.1, 0.15) is 32.4 Å². The van der Waals surface area contributed by atoms with Crippen LogP contribution in [-0.2, 0) is 0 Å². The van der Waals surface area contributed by atoms with Crippen molar-refractivity contribution < 1.29 is 10.2 Å². The Balaban J connectivity index is 2.84. The summed E-state index contributed by atoms with van der Waals surface area (Å²) in [5, 5.41) is 19.8. The smallest absolute Gasteiger partial charge is 0.102 e. The molecule has 0 aliphatic rings. The molecular weight excluding hydrogens is 210 g/mol. The first-order valence-electron chi connectivity index (χ1n) is 5.00. The molecule has 0 fully saturated rings. The van der Waals surface area contributed by atoms with Crippen LogP contribution in [0.4, 0.5) is 0 Å². The number of aromatic nitrogens is 1. The first-order chi connectivity index (χ1) is 7.02. The fraction of sp³-hybridized carbons (Fsp3) is 0.545. The second-order valence-corrected chi connectivity index (χ2v) is 5.00. The maximum absolute atomic E-state index is 9.54. The van der Waals surface area contributed by atoms with Gasteiger partial charge in [0.05, 0.1) is 12.2 Å². The van der Waals surface area contributed by atoms with Crippen molar-refractivity contribution in [1.82, 2.24) is 4.98 Å². The van der Waals surface area contributed by atoms with Gasteiger partial charge < -0.3 is 10.2 Å². The van der Waals surface area contributed by atoms with E-state index in [0.29, 0.717) is 0 Å². The van der Waals surface area contributed by atoms with Gasteiger partial charge in [0.15, 0.2) is 0 Å². The molecule has 1 rings (SSSR count). The highest BCUT2D eigenvalue weighted by atomic mass is 32.2. The largest absolute Gasteiger partial charge is 0.392 e. The second kappa shape index (κ2) is 5.49. The number of rotatable bonds is 4. The number of aliphatic hydroxyl groups excluding tert-OH is 2. The fourth-order valence-electron chi connectivity index (χ4n) is 1.09. The summed E-state index contributed by atoms with van der Waals surface area (Å²) in [5.41, 5.74) is 0.815. The zero-order valence-electron chi connectivity index (χ0n) is 9.21. The van der Waals surface area contributed by atoms with Gasteiger partial charge in [0.1, 0.15) is 5.03 Å². The lowest BCUT2D eigenvalue weighted by Gasteiger charge is -2.16. The number of pyridine rings is 1. The molecule has 4 heteroatoms. The molecule has 0 saturated heterocycles. The Morgan fingerprint density at radius 1 is 1.27 bits per heavy atom. The maximum Gasteiger partial charge on any atom is 0.102 e. The molecule has 0 aliphatic heterocycles. The quantitative estimate of drug-likeness (QED) is 0.772. The lowest BCUT2D eigenvalue weighted by Crippen LogP contribution is -2.15. The third-order valence-electron chi connectivity index (χ3n) is 2.23. The molecule has 1 aromatic rings. The first kappa shape index (κ1) is 12.5. The SMILES string of the molecule is CC(O)C(C)Sc1ncccc1[C@H](C)O. The predicted molar refractivity (Wildman–Crippen MR) is 61.9 cm³/mol. The van der Waals surface area contributed by atoms with Crippen LogP contribution in [-0.4, -0.2) is 26.6 Å². The van der Waals surface area contributed by atoms with E-state index in [2.05, 4.69) is 4.98 Å². The van der Waals surface area contributed by atoms with Gasteiger partial charge in [-0.1, -0.05) is 13.0 Å². The highest BCUT2D eigenvalue weighted by Crippen LogP contribution is 2.29. The molecular formula is C11H17NO2S. The van der Waals surface area contributed by atoms with Crippen molar-refractivity contribution in [2.75, 3.05) is 0 Å². The molecule has 0 aromatic carbocycles. The summed E-state index contributed by atoms with van der Waals surface area (Å²) in [6.07, 6.45) is 0.782. The van der Waals surface area contributed by atoms with Crippen molar-refractivity contribution in [1.29, 1.82) is 0 Å². The third-order valence-corrected chi connectivity index (χ3v) is 3.56. The van der Waals surface area contributed by atoms with E-state index in [1.165, 1.54) is 11.8 Å². The van der Waals surface area contributed by atoms with Crippen LogP contribution in [0.25, 0.3) is 0 Å². The molecule has 2 unspecified atom stereocenters. The molecule has 3 nitrogen and oxygen atoms in total. The number of hydrogen-bond acceptors (Lipinski definition) is 4. The van der Waals surface area contributed by atoms with Gasteiger partial charge in [-0.05, 0) is 19.9 Å². The molecule has 1 aromatic heterocycles. The number of thioether (sulfide) groups is 1. The Morgan fingerprint density at radius 2 is 1.93 bits per heavy atom. The van der Waals surface area contributed by atoms with Crippen molar-refractivity contribution in [2.45, 2.75) is 43.3 Å². The molecule has 3 atom stereocenters. The highest BCUT2D eigenvalue weighted by molar-refractivity contribution is 7.99. The lowest BCUT2D eigenvalue weighted by atomic mass is 10.2. The Hall–Kier alpha value is -0.580. The molecule has 1 heterocycles. The molecule has 0 saturated carbocycles. The molecule has 0 aliphatic carbocycles. The van der Waals surface area contributed by atoms with E-state index in [-0.39, 0.29) is 11.4 Å². The monoisotopic (exact) mass is 227 g/mol. The average Bonchev–Trinajstić information content (AvgIpc) is 2.18. The van der Waals surface area contributed by atoms with Crippen LogP contribution < -0.4 is 0 Å². The van der Waals surface area contributed by atoms with Crippen LogP contribution >= 0.6 is 11.8 Å². The van der Waals surface area contributed by atoms with Crippen LogP contribution in [0.5, 0.6) is 0 Å². The van der Waals surface area contributed by atoms with Crippen LogP contribution in [0.3, 0.4) is 0 Å². The first-order valence-corrected chi connectivity index (χ1v) is 5.88. The van der Waals surface area contributed by atoms with E-state index >= 15 is 0 Å². The van der Waals surface area contributed by atoms with Crippen molar-refractivity contribution >= 4 is 11.8 Å². The van der Waals surface area contributed by atoms with Gasteiger partial charge in [-0.15, -0.1) is 11.8 Å². The van der Waals surface area contributed by atoms with Gasteiger partial charge in [-0.25, -0.2) is 4.98 Å². The van der Waals surface area contributed by atoms with Gasteiger partial charge in [-0.2, -0.15) is 0 Å². The number of hydrogen-bond donors (Lipinski definition) is 2. The van der Waals surface area contributed by atoms with Crippen molar-refractivity contribution in [2.24, 2.45) is 0 Å². The van der Waals surface area contributed by atoms with Gasteiger partial charge in [0.25, 0.3) is 0 Å². The molecule has 15 heavy (non-hydrogen) atoms. The summed E-state index contributed by atoms with van der Waals surface area (Å²) < 4.78 is 0. The van der Waals surface area contributed by atoms with E-state index in [9.17, 15) is 10.2 Å². The molecule has 0 spiro atoms. The van der Waals surface area contributed by atoms with Gasteiger partial charge in [0.2, 0.25) is 0 Å². The van der Waals surface area contributed by atoms with Gasteiger partial charge in [0, 0.05) is 17.0 Å². The van der Waals surface area contributed by atoms with E-state index in [0.717, 1.165) is 10.6 Å². The maximum atomic E-state index is 9.54. The standard InChI is InChI=1S/C11H17NO2S/c1-7(13)9(3)15-11-10(8(2)14)5-4-6-12-11/h4-9,13-14H,1-3H3/t7?,8-,9?/m0/s1. The zero-order valence-corrected chi connectivity index (χ0v) is 10.0. The van der Waals surface area contributed by atoms with Crippen LogP contribution in [0.2, 0.25) is 0 Å². The van der Waals surface area contributed by atoms with E-state index < -0.39 is 6.10 Å². The van der Waals surface area contributed by atoms with Gasteiger partial charge >= 0.3 is 0 Å². The summed E-state index contributed by atoms with van der Waals surface area (Å²) in [6, 6.07) is 3.66. The Labute approximate surface area is 94.6 Å². The van der Waals surface area contributed by atoms with E-state index in [1.54, 1.807) is 26.1 Å². The van der Waals surface area contributed by atoms with E-state index in [4.69, 9.17) is 0 Å². The molecule has 2 N–H and O–H groups in total. The number of nitrogens with zero attached hydrogens (tertiary/aromatic N) is 1. The summed E-state index contributed by atoms with van der Waals surface area (Å²) in [4.78, 5) is 4.21. The van der Waals surface area contributed by atoms with E-state index in [1.807, 2.05) is 13.0 Å². The minimum absolute atomic E-state index is 0.0670. The minimum Gasteiger partial charge on any atom is -0.392 e. The summed E-state index contributed by atoms with van der Waals surface area (Å²) in [6.45, 7) is 5.41. The molecule has 84 valence electrons. The summed E-state index contributed by atoms with van der Waals surface area (Å²) in [5.74, 6) is 0. The number of aliphatic hydroxyl groups is 2. The topological polar surface area (TPSA) is 53.4 Å². The highest BCUT2D eigenvalue weighted by Gasteiger charge is 2.15. The second-order valence-electron chi connectivity index (χ2n) is 3.64. The Kier molecular flexibility index (Phi) is 4.57. The van der Waals surface area contributed by atoms with Crippen molar-refractivity contribution in [3.05, 3.63) is 23.9 Å². The molecule has 0 amide bonds. The zero-order chi connectivity index (χ0) is 11.4. The van der Waals surface area contributed by atoms with Gasteiger partial charge in [-0.3, -0.25) is 0 Å². The Morgan fingerprint density at radius 3 is 2.47 bits per heavy atom. The van der Waals surface area contributed by atoms with Crippen LogP contribution in [0.15, 0.2) is 23.4 Å². The van der Waals surface area contributed by atoms with Crippen molar-refractivity contribution in [3.8, 4) is 0 Å². The summed E-state index contributed by atoms with van der Waals surface area (Å²) in [7, 11) is 0. The Bertz CT molecular complexity index is 315. The third kappa shape index (κ3) is 3.48. The minimum atomic E-state index is -0.526. The predicted octanol–water partition coefficient (Wildman–Crippen LogP) is 2.00. The molecule has 0 bridgehead atoms. The normalized spacial score (nSPS) is 17.1. The van der Waals surface area contributed by atoms with Crippen molar-refractivity contribution in [3.63, 3.8) is 0 Å². The van der Waals surface area contributed by atoms with Crippen LogP contribution in [0, 0.1) is 0 Å². The fourth-order valence-corrected chi connectivity index (χ4v) is 2.14. The summed E-state index contributed by atoms with van der Waals surface area (Å²) >= 11 is 1.49.